The number of hydrogen-bond acceptors (Lipinski definition) is 5. The number of ketones is 1. The van der Waals surface area contributed by atoms with Crippen LogP contribution in [-0.2, 0) is 0 Å². The summed E-state index contributed by atoms with van der Waals surface area (Å²) in [4.78, 5) is 12.3. The summed E-state index contributed by atoms with van der Waals surface area (Å²) in [5, 5.41) is 9.96. The first-order chi connectivity index (χ1) is 10.6. The van der Waals surface area contributed by atoms with Gasteiger partial charge in [0.1, 0.15) is 11.9 Å². The zero-order valence-electron chi connectivity index (χ0n) is 12.3. The van der Waals surface area contributed by atoms with Gasteiger partial charge in [-0.2, -0.15) is 0 Å². The topological polar surface area (TPSA) is 65.0 Å². The number of benzene rings is 2. The Labute approximate surface area is 128 Å². The molecule has 0 spiro atoms. The van der Waals surface area contributed by atoms with E-state index in [0.717, 1.165) is 0 Å². The number of phenols is 1. The summed E-state index contributed by atoms with van der Waals surface area (Å²) in [6.07, 6.45) is -0.209. The molecule has 1 aliphatic rings. The van der Waals surface area contributed by atoms with Gasteiger partial charge in [0, 0.05) is 5.56 Å². The number of ether oxygens (including phenoxy) is 3. The van der Waals surface area contributed by atoms with Gasteiger partial charge in [-0.25, -0.2) is 0 Å². The molecular formula is C17H16O5. The highest BCUT2D eigenvalue weighted by atomic mass is 16.5. The van der Waals surface area contributed by atoms with Crippen molar-refractivity contribution in [3.8, 4) is 23.0 Å². The Morgan fingerprint density at radius 2 is 1.77 bits per heavy atom. The van der Waals surface area contributed by atoms with Gasteiger partial charge in [0.15, 0.2) is 17.3 Å². The second kappa shape index (κ2) is 5.60. The van der Waals surface area contributed by atoms with Gasteiger partial charge in [-0.1, -0.05) is 12.1 Å². The fourth-order valence-electron chi connectivity index (χ4n) is 2.56. The zero-order chi connectivity index (χ0) is 15.7. The summed E-state index contributed by atoms with van der Waals surface area (Å²) in [6, 6.07) is 10.5. The quantitative estimate of drug-likeness (QED) is 0.943. The number of phenolic OH excluding ortho intramolecular Hbond substituents is 1. The van der Waals surface area contributed by atoms with Gasteiger partial charge in [-0.05, 0) is 24.3 Å². The summed E-state index contributed by atoms with van der Waals surface area (Å²) < 4.78 is 16.2. The van der Waals surface area contributed by atoms with Crippen LogP contribution in [0.5, 0.6) is 23.0 Å². The minimum absolute atomic E-state index is 0.0258. The van der Waals surface area contributed by atoms with Gasteiger partial charge in [-0.15, -0.1) is 0 Å². The van der Waals surface area contributed by atoms with Gasteiger partial charge in [-0.3, -0.25) is 4.79 Å². The van der Waals surface area contributed by atoms with Crippen molar-refractivity contribution in [1.29, 1.82) is 0 Å². The third-order valence-electron chi connectivity index (χ3n) is 3.70. The first kappa shape index (κ1) is 14.3. The van der Waals surface area contributed by atoms with Crippen LogP contribution >= 0.6 is 0 Å². The van der Waals surface area contributed by atoms with E-state index in [0.29, 0.717) is 16.9 Å². The number of hydrogen-bond donors (Lipinski definition) is 1. The molecule has 5 nitrogen and oxygen atoms in total. The first-order valence-electron chi connectivity index (χ1n) is 6.87. The van der Waals surface area contributed by atoms with Crippen molar-refractivity contribution < 1.29 is 24.1 Å². The molecule has 0 saturated heterocycles. The number of carbonyl (C=O) groups is 1. The minimum atomic E-state index is -0.439. The van der Waals surface area contributed by atoms with Crippen LogP contribution in [0.1, 0.15) is 28.4 Å². The SMILES string of the molecule is COc1cc(C2CC(=O)c3ccccc3O2)cc(OC)c1O. The van der Waals surface area contributed by atoms with Crippen LogP contribution in [0.4, 0.5) is 0 Å². The van der Waals surface area contributed by atoms with E-state index in [1.165, 1.54) is 14.2 Å². The molecule has 1 unspecified atom stereocenters. The van der Waals surface area contributed by atoms with Crippen molar-refractivity contribution in [2.75, 3.05) is 14.2 Å². The number of aromatic hydroxyl groups is 1. The zero-order valence-corrected chi connectivity index (χ0v) is 12.3. The molecule has 3 rings (SSSR count). The molecule has 0 fully saturated rings. The maximum atomic E-state index is 12.3. The standard InChI is InChI=1S/C17H16O5/c1-20-15-7-10(8-16(21-2)17(15)19)14-9-12(18)11-5-3-4-6-13(11)22-14/h3-8,14,19H,9H2,1-2H3. The average molecular weight is 300 g/mol. The fraction of sp³-hybridized carbons (Fsp3) is 0.235. The molecule has 0 bridgehead atoms. The van der Waals surface area contributed by atoms with E-state index in [1.54, 1.807) is 24.3 Å². The van der Waals surface area contributed by atoms with Crippen LogP contribution in [-0.4, -0.2) is 25.1 Å². The Morgan fingerprint density at radius 1 is 1.14 bits per heavy atom. The molecular weight excluding hydrogens is 284 g/mol. The van der Waals surface area contributed by atoms with Crippen LogP contribution in [0, 0.1) is 0 Å². The Balaban J connectivity index is 2.01. The molecule has 1 heterocycles. The van der Waals surface area contributed by atoms with Crippen molar-refractivity contribution in [3.63, 3.8) is 0 Å². The number of para-hydroxylation sites is 1. The highest BCUT2D eigenvalue weighted by Crippen LogP contribution is 2.42. The fourth-order valence-corrected chi connectivity index (χ4v) is 2.56. The van der Waals surface area contributed by atoms with Crippen LogP contribution in [0.15, 0.2) is 36.4 Å². The van der Waals surface area contributed by atoms with Crippen molar-refractivity contribution in [3.05, 3.63) is 47.5 Å². The largest absolute Gasteiger partial charge is 0.502 e. The highest BCUT2D eigenvalue weighted by Gasteiger charge is 2.28. The lowest BCUT2D eigenvalue weighted by molar-refractivity contribution is 0.0849. The van der Waals surface area contributed by atoms with Gasteiger partial charge in [0.2, 0.25) is 5.75 Å². The average Bonchev–Trinajstić information content (AvgIpc) is 2.55. The van der Waals surface area contributed by atoms with Gasteiger partial charge in [0.05, 0.1) is 26.2 Å². The normalized spacial score (nSPS) is 16.6. The summed E-state index contributed by atoms with van der Waals surface area (Å²) in [5.74, 6) is 1.08. The maximum Gasteiger partial charge on any atom is 0.200 e. The predicted octanol–water partition coefficient (Wildman–Crippen LogP) is 3.12. The number of Topliss-reactive ketones (excluding diaryl/α,β-unsaturated/α-hetero) is 1. The van der Waals surface area contributed by atoms with Gasteiger partial charge >= 0.3 is 0 Å². The Kier molecular flexibility index (Phi) is 3.63. The Morgan fingerprint density at radius 3 is 2.41 bits per heavy atom. The molecule has 2 aromatic carbocycles. The molecule has 0 aromatic heterocycles. The van der Waals surface area contributed by atoms with Crippen LogP contribution in [0.2, 0.25) is 0 Å². The molecule has 1 atom stereocenters. The van der Waals surface area contributed by atoms with Gasteiger partial charge in [0.25, 0.3) is 0 Å². The second-order valence-electron chi connectivity index (χ2n) is 5.00. The first-order valence-corrected chi connectivity index (χ1v) is 6.87. The van der Waals surface area contributed by atoms with Crippen molar-refractivity contribution in [2.45, 2.75) is 12.5 Å². The predicted molar refractivity (Wildman–Crippen MR) is 80.0 cm³/mol. The lowest BCUT2D eigenvalue weighted by Crippen LogP contribution is -2.20. The molecule has 0 aliphatic carbocycles. The summed E-state index contributed by atoms with van der Waals surface area (Å²) in [7, 11) is 2.92. The molecule has 0 radical (unpaired) electrons. The molecule has 22 heavy (non-hydrogen) atoms. The number of fused-ring (bicyclic) bond motifs is 1. The summed E-state index contributed by atoms with van der Waals surface area (Å²) in [5.41, 5.74) is 1.31. The third kappa shape index (κ3) is 2.35. The molecule has 114 valence electrons. The van der Waals surface area contributed by atoms with Crippen LogP contribution in [0.25, 0.3) is 0 Å². The Bertz CT molecular complexity index is 698. The van der Waals surface area contributed by atoms with E-state index in [9.17, 15) is 9.90 Å². The van der Waals surface area contributed by atoms with Gasteiger partial charge < -0.3 is 19.3 Å². The van der Waals surface area contributed by atoms with Crippen LogP contribution in [0.3, 0.4) is 0 Å². The minimum Gasteiger partial charge on any atom is -0.502 e. The number of methoxy groups -OCH3 is 2. The van der Waals surface area contributed by atoms with Crippen LogP contribution < -0.4 is 14.2 Å². The molecule has 2 aromatic rings. The van der Waals surface area contributed by atoms with Crippen molar-refractivity contribution in [2.24, 2.45) is 0 Å². The lowest BCUT2D eigenvalue weighted by atomic mass is 9.96. The summed E-state index contributed by atoms with van der Waals surface area (Å²) >= 11 is 0. The molecule has 1 aliphatic heterocycles. The van der Waals surface area contributed by atoms with E-state index < -0.39 is 6.10 Å². The smallest absolute Gasteiger partial charge is 0.200 e. The van der Waals surface area contributed by atoms with Crippen molar-refractivity contribution >= 4 is 5.78 Å². The van der Waals surface area contributed by atoms with E-state index >= 15 is 0 Å². The molecule has 1 N–H and O–H groups in total. The number of rotatable bonds is 3. The second-order valence-corrected chi connectivity index (χ2v) is 5.00. The number of carbonyl (C=O) groups excluding carboxylic acids is 1. The van der Waals surface area contributed by atoms with E-state index in [1.807, 2.05) is 12.1 Å². The molecule has 0 amide bonds. The van der Waals surface area contributed by atoms with Crippen molar-refractivity contribution in [1.82, 2.24) is 0 Å². The molecule has 0 saturated carbocycles. The van der Waals surface area contributed by atoms with E-state index in [4.69, 9.17) is 14.2 Å². The lowest BCUT2D eigenvalue weighted by Gasteiger charge is -2.26. The van der Waals surface area contributed by atoms with E-state index in [2.05, 4.69) is 0 Å². The monoisotopic (exact) mass is 300 g/mol. The van der Waals surface area contributed by atoms with E-state index in [-0.39, 0.29) is 29.5 Å². The highest BCUT2D eigenvalue weighted by molar-refractivity contribution is 6.00. The maximum absolute atomic E-state index is 12.3. The third-order valence-corrected chi connectivity index (χ3v) is 3.70. The summed E-state index contributed by atoms with van der Waals surface area (Å²) in [6.45, 7) is 0. The molecule has 5 heteroatoms. The Hall–Kier alpha value is -2.69.